The van der Waals surface area contributed by atoms with Gasteiger partial charge in [0.25, 0.3) is 5.39 Å². The second kappa shape index (κ2) is 4.07. The highest BCUT2D eigenvalue weighted by Crippen LogP contribution is 1.99. The fourth-order valence-corrected chi connectivity index (χ4v) is 0.731. The topological polar surface area (TPSA) is 40.2 Å². The van der Waals surface area contributed by atoms with E-state index in [0.717, 1.165) is 5.56 Å². The van der Waals surface area contributed by atoms with Gasteiger partial charge in [-0.05, 0) is 17.1 Å². The third-order valence-corrected chi connectivity index (χ3v) is 1.21. The zero-order chi connectivity index (χ0) is 7.94. The quantitative estimate of drug-likeness (QED) is 0.512. The molecular formula is C8H8N3+. The van der Waals surface area contributed by atoms with Crippen LogP contribution in [-0.2, 0) is 0 Å². The molecule has 1 rings (SSSR count). The van der Waals surface area contributed by atoms with Crippen molar-refractivity contribution in [1.29, 1.82) is 5.39 Å². The Morgan fingerprint density at radius 1 is 1.27 bits per heavy atom. The van der Waals surface area contributed by atoms with Crippen LogP contribution in [0.3, 0.4) is 0 Å². The summed E-state index contributed by atoms with van der Waals surface area (Å²) in [5, 5.41) is 10.7. The molecule has 0 aromatic heterocycles. The molecule has 1 aromatic carbocycles. The van der Waals surface area contributed by atoms with Crippen molar-refractivity contribution in [3.8, 4) is 0 Å². The number of hydrogen-bond acceptors (Lipinski definition) is 2. The molecule has 0 aliphatic heterocycles. The molecule has 0 aliphatic carbocycles. The van der Waals surface area contributed by atoms with Gasteiger partial charge in [-0.3, -0.25) is 0 Å². The lowest BCUT2D eigenvalue weighted by atomic mass is 10.2. The molecule has 0 atom stereocenters. The van der Waals surface area contributed by atoms with Crippen molar-refractivity contribution >= 4 is 6.08 Å². The summed E-state index contributed by atoms with van der Waals surface area (Å²) in [4.78, 5) is 0. The Balaban J connectivity index is 2.59. The largest absolute Gasteiger partial charge is 0.307 e. The summed E-state index contributed by atoms with van der Waals surface area (Å²) < 4.78 is 0. The van der Waals surface area contributed by atoms with Crippen LogP contribution in [-0.4, -0.2) is 0 Å². The summed E-state index contributed by atoms with van der Waals surface area (Å²) in [5.41, 5.74) is 3.36. The lowest BCUT2D eigenvalue weighted by Crippen LogP contribution is -1.85. The van der Waals surface area contributed by atoms with Crippen LogP contribution >= 0.6 is 0 Å². The Labute approximate surface area is 65.0 Å². The molecule has 0 spiro atoms. The van der Waals surface area contributed by atoms with Crippen LogP contribution in [0.1, 0.15) is 5.56 Å². The molecule has 0 saturated carbocycles. The molecule has 0 heterocycles. The van der Waals surface area contributed by atoms with Crippen molar-refractivity contribution in [3.63, 3.8) is 0 Å². The van der Waals surface area contributed by atoms with E-state index in [1.54, 1.807) is 12.3 Å². The van der Waals surface area contributed by atoms with Crippen molar-refractivity contribution in [2.24, 2.45) is 0 Å². The predicted molar refractivity (Wildman–Crippen MR) is 43.7 cm³/mol. The molecule has 0 unspecified atom stereocenters. The third kappa shape index (κ3) is 2.50. The summed E-state index contributed by atoms with van der Waals surface area (Å²) >= 11 is 0. The first-order valence-electron chi connectivity index (χ1n) is 3.24. The highest BCUT2D eigenvalue weighted by atomic mass is 15.3. The van der Waals surface area contributed by atoms with Gasteiger partial charge in [0, 0.05) is 0 Å². The molecule has 1 N–H and O–H groups in total. The van der Waals surface area contributed by atoms with Crippen molar-refractivity contribution in [2.75, 3.05) is 0 Å². The molecule has 0 radical (unpaired) electrons. The van der Waals surface area contributed by atoms with Gasteiger partial charge in [-0.25, -0.2) is 0 Å². The molecule has 3 nitrogen and oxygen atoms in total. The molecule has 0 saturated heterocycles. The first-order valence-corrected chi connectivity index (χ1v) is 3.24. The van der Waals surface area contributed by atoms with E-state index in [2.05, 4.69) is 10.5 Å². The van der Waals surface area contributed by atoms with Crippen LogP contribution in [0.4, 0.5) is 0 Å². The predicted octanol–water partition coefficient (Wildman–Crippen LogP) is 2.01. The summed E-state index contributed by atoms with van der Waals surface area (Å²) in [6, 6.07) is 9.73. The first-order chi connectivity index (χ1) is 5.43. The van der Waals surface area contributed by atoms with Crippen LogP contribution < -0.4 is 5.43 Å². The van der Waals surface area contributed by atoms with Gasteiger partial charge in [0.1, 0.15) is 0 Å². The Morgan fingerprint density at radius 3 is 2.64 bits per heavy atom. The lowest BCUT2D eigenvalue weighted by Gasteiger charge is -1.86. The van der Waals surface area contributed by atoms with Gasteiger partial charge in [-0.2, -0.15) is 0 Å². The van der Waals surface area contributed by atoms with E-state index in [1.807, 2.05) is 30.3 Å². The Bertz CT molecular complexity index is 271. The molecule has 0 amide bonds. The monoisotopic (exact) mass is 146 g/mol. The van der Waals surface area contributed by atoms with Crippen LogP contribution in [0.25, 0.3) is 11.2 Å². The first kappa shape index (κ1) is 7.29. The number of nitrogens with zero attached hydrogens (tertiary/aromatic N) is 2. The maximum atomic E-state index is 8.01. The minimum atomic E-state index is 1.06. The minimum absolute atomic E-state index is 1.06. The van der Waals surface area contributed by atoms with E-state index < -0.39 is 0 Å². The van der Waals surface area contributed by atoms with Crippen molar-refractivity contribution in [3.05, 3.63) is 47.2 Å². The van der Waals surface area contributed by atoms with E-state index in [0.29, 0.717) is 0 Å². The average Bonchev–Trinajstić information content (AvgIpc) is 2.07. The van der Waals surface area contributed by atoms with Crippen molar-refractivity contribution < 1.29 is 0 Å². The normalized spacial score (nSPS) is 9.36. The van der Waals surface area contributed by atoms with E-state index in [4.69, 9.17) is 5.39 Å². The molecule has 3 heteroatoms. The van der Waals surface area contributed by atoms with Gasteiger partial charge in [0.2, 0.25) is 0 Å². The molecule has 11 heavy (non-hydrogen) atoms. The summed E-state index contributed by atoms with van der Waals surface area (Å²) in [6.07, 6.45) is 3.36. The molecule has 1 aromatic rings. The molecule has 0 fully saturated rings. The Kier molecular flexibility index (Phi) is 2.70. The van der Waals surface area contributed by atoms with Gasteiger partial charge in [-0.15, -0.1) is 0 Å². The fourth-order valence-electron chi connectivity index (χ4n) is 0.731. The van der Waals surface area contributed by atoms with Crippen LogP contribution in [0.15, 0.2) is 36.5 Å². The number of hydrogen-bond donors (Lipinski definition) is 1. The number of benzene rings is 1. The Morgan fingerprint density at radius 2 is 2.00 bits per heavy atom. The van der Waals surface area contributed by atoms with E-state index in [1.165, 1.54) is 0 Å². The van der Waals surface area contributed by atoms with Crippen LogP contribution in [0, 0.1) is 5.39 Å². The van der Waals surface area contributed by atoms with Gasteiger partial charge >= 0.3 is 5.08 Å². The van der Waals surface area contributed by atoms with Gasteiger partial charge in [0.15, 0.2) is 0 Å². The van der Waals surface area contributed by atoms with Crippen molar-refractivity contribution in [2.45, 2.75) is 0 Å². The Hall–Kier alpha value is -1.82. The molecule has 54 valence electrons. The van der Waals surface area contributed by atoms with E-state index >= 15 is 0 Å². The lowest BCUT2D eigenvalue weighted by molar-refractivity contribution is 1.12. The average molecular weight is 146 g/mol. The van der Waals surface area contributed by atoms with E-state index in [9.17, 15) is 0 Å². The number of rotatable bonds is 2. The third-order valence-electron chi connectivity index (χ3n) is 1.21. The zero-order valence-corrected chi connectivity index (χ0v) is 5.94. The van der Waals surface area contributed by atoms with E-state index in [-0.39, 0.29) is 0 Å². The van der Waals surface area contributed by atoms with Crippen LogP contribution in [0.5, 0.6) is 0 Å². The van der Waals surface area contributed by atoms with Gasteiger partial charge < -0.3 is 0 Å². The SMILES string of the molecule is N#[N+]N/C=C/c1ccccc1. The fraction of sp³-hybridized carbons (Fsp3) is 0. The summed E-state index contributed by atoms with van der Waals surface area (Å²) in [6.45, 7) is 0. The smallest absolute Gasteiger partial charge is 0.0622 e. The summed E-state index contributed by atoms with van der Waals surface area (Å²) in [7, 11) is 0. The van der Waals surface area contributed by atoms with Crippen LogP contribution in [0.2, 0.25) is 0 Å². The maximum Gasteiger partial charge on any atom is 0.307 e. The molecule has 0 bridgehead atoms. The maximum absolute atomic E-state index is 8.01. The second-order valence-corrected chi connectivity index (χ2v) is 1.97. The minimum Gasteiger partial charge on any atom is -0.0622 e. The van der Waals surface area contributed by atoms with Gasteiger partial charge in [0.05, 0.1) is 6.20 Å². The highest BCUT2D eigenvalue weighted by molar-refractivity contribution is 5.48. The van der Waals surface area contributed by atoms with Crippen molar-refractivity contribution in [1.82, 2.24) is 5.43 Å². The highest BCUT2D eigenvalue weighted by Gasteiger charge is 1.82. The number of nitrogens with one attached hydrogen (secondary N) is 1. The zero-order valence-electron chi connectivity index (χ0n) is 5.94. The molecular weight excluding hydrogens is 138 g/mol. The second-order valence-electron chi connectivity index (χ2n) is 1.97. The number of diazo groups is 1. The van der Waals surface area contributed by atoms with Gasteiger partial charge in [-0.1, -0.05) is 30.3 Å². The summed E-state index contributed by atoms with van der Waals surface area (Å²) in [5.74, 6) is 0. The molecule has 0 aliphatic rings. The standard InChI is InChI=1S/C8H8N3/c9-11-10-7-6-8-4-2-1-3-5-8/h1-7,10H/q+1/b7-6+.